The molecule has 0 fully saturated rings. The number of anilines is 1. The van der Waals surface area contributed by atoms with Gasteiger partial charge in [0.05, 0.1) is 12.1 Å². The molecule has 98 valence electrons. The van der Waals surface area contributed by atoms with Gasteiger partial charge in [-0.05, 0) is 23.1 Å². The number of benzene rings is 1. The van der Waals surface area contributed by atoms with Crippen molar-refractivity contribution < 1.29 is 14.7 Å². The fourth-order valence-corrected chi connectivity index (χ4v) is 2.47. The summed E-state index contributed by atoms with van der Waals surface area (Å²) in [6, 6.07) is 8.61. The number of rotatable bonds is 4. The van der Waals surface area contributed by atoms with Gasteiger partial charge in [0.25, 0.3) is 0 Å². The van der Waals surface area contributed by atoms with Crippen LogP contribution in [0.1, 0.15) is 15.2 Å². The van der Waals surface area contributed by atoms with Crippen molar-refractivity contribution in [3.63, 3.8) is 0 Å². The number of carbonyl (C=O) groups excluding carboxylic acids is 1. The molecule has 0 aliphatic carbocycles. The number of carbonyl (C=O) groups is 2. The number of aromatic carboxylic acids is 1. The first kappa shape index (κ1) is 13.6. The Labute approximate surface area is 118 Å². The average Bonchev–Trinajstić information content (AvgIpc) is 2.80. The predicted octanol–water partition coefficient (Wildman–Crippen LogP) is 3.28. The van der Waals surface area contributed by atoms with E-state index in [0.29, 0.717) is 16.3 Å². The average molecular weight is 296 g/mol. The fourth-order valence-electron chi connectivity index (χ4n) is 1.58. The topological polar surface area (TPSA) is 66.4 Å². The molecule has 2 rings (SSSR count). The minimum atomic E-state index is -1.05. The molecule has 2 N–H and O–H groups in total. The van der Waals surface area contributed by atoms with Gasteiger partial charge < -0.3 is 10.4 Å². The monoisotopic (exact) mass is 295 g/mol. The van der Waals surface area contributed by atoms with Crippen LogP contribution in [-0.2, 0) is 11.2 Å². The first-order valence-electron chi connectivity index (χ1n) is 5.42. The summed E-state index contributed by atoms with van der Waals surface area (Å²) >= 11 is 7.03. The second kappa shape index (κ2) is 5.86. The van der Waals surface area contributed by atoms with E-state index in [1.165, 1.54) is 0 Å². The highest BCUT2D eigenvalue weighted by Crippen LogP contribution is 2.23. The van der Waals surface area contributed by atoms with E-state index in [2.05, 4.69) is 5.32 Å². The number of halogens is 1. The number of hydrogen-bond donors (Lipinski definition) is 2. The van der Waals surface area contributed by atoms with Crippen LogP contribution in [0.5, 0.6) is 0 Å². The Morgan fingerprint density at radius 1 is 1.26 bits per heavy atom. The number of carboxylic acid groups (broad SMARTS) is 1. The maximum Gasteiger partial charge on any atom is 0.348 e. The SMILES string of the molecule is O=C(Cc1ccccc1Cl)Nc1ccsc1C(=O)O. The quantitative estimate of drug-likeness (QED) is 0.909. The standard InChI is InChI=1S/C13H10ClNO3S/c14-9-4-2-1-3-8(9)7-11(16)15-10-5-6-19-12(10)13(17)18/h1-6H,7H2,(H,15,16)(H,17,18). The lowest BCUT2D eigenvalue weighted by atomic mass is 10.1. The number of nitrogens with one attached hydrogen (secondary N) is 1. The number of hydrogen-bond acceptors (Lipinski definition) is 3. The van der Waals surface area contributed by atoms with E-state index in [9.17, 15) is 9.59 Å². The number of amides is 1. The van der Waals surface area contributed by atoms with E-state index >= 15 is 0 Å². The Hall–Kier alpha value is -1.85. The zero-order chi connectivity index (χ0) is 13.8. The van der Waals surface area contributed by atoms with Gasteiger partial charge in [0.15, 0.2) is 0 Å². The van der Waals surface area contributed by atoms with Gasteiger partial charge in [-0.15, -0.1) is 11.3 Å². The van der Waals surface area contributed by atoms with Gasteiger partial charge in [-0.25, -0.2) is 4.79 Å². The Morgan fingerprint density at radius 3 is 2.68 bits per heavy atom. The van der Waals surface area contributed by atoms with Crippen molar-refractivity contribution in [3.05, 3.63) is 51.2 Å². The van der Waals surface area contributed by atoms with Gasteiger partial charge in [-0.2, -0.15) is 0 Å². The molecule has 1 aromatic carbocycles. The third-order valence-corrected chi connectivity index (χ3v) is 3.71. The van der Waals surface area contributed by atoms with E-state index in [-0.39, 0.29) is 17.2 Å². The number of carboxylic acids is 1. The molecule has 2 aromatic rings. The minimum absolute atomic E-state index is 0.106. The van der Waals surface area contributed by atoms with Crippen molar-refractivity contribution in [2.75, 3.05) is 5.32 Å². The van der Waals surface area contributed by atoms with Crippen LogP contribution < -0.4 is 5.32 Å². The predicted molar refractivity (Wildman–Crippen MR) is 75.1 cm³/mol. The van der Waals surface area contributed by atoms with Crippen LogP contribution in [0, 0.1) is 0 Å². The van der Waals surface area contributed by atoms with E-state index in [1.807, 2.05) is 0 Å². The molecule has 19 heavy (non-hydrogen) atoms. The maximum atomic E-state index is 11.8. The summed E-state index contributed by atoms with van der Waals surface area (Å²) < 4.78 is 0. The van der Waals surface area contributed by atoms with Crippen LogP contribution in [0.15, 0.2) is 35.7 Å². The molecule has 0 bridgehead atoms. The highest BCUT2D eigenvalue weighted by atomic mass is 35.5. The van der Waals surface area contributed by atoms with Crippen LogP contribution in [0.25, 0.3) is 0 Å². The van der Waals surface area contributed by atoms with Crippen molar-refractivity contribution in [2.45, 2.75) is 6.42 Å². The van der Waals surface area contributed by atoms with Gasteiger partial charge >= 0.3 is 5.97 Å². The van der Waals surface area contributed by atoms with Crippen LogP contribution in [0.4, 0.5) is 5.69 Å². The Morgan fingerprint density at radius 2 is 2.00 bits per heavy atom. The van der Waals surface area contributed by atoms with Crippen molar-refractivity contribution in [2.24, 2.45) is 0 Å². The molecule has 1 amide bonds. The van der Waals surface area contributed by atoms with Crippen molar-refractivity contribution in [3.8, 4) is 0 Å². The second-order valence-electron chi connectivity index (χ2n) is 3.78. The summed E-state index contributed by atoms with van der Waals surface area (Å²) in [5.41, 5.74) is 1.02. The van der Waals surface area contributed by atoms with E-state index < -0.39 is 5.97 Å². The minimum Gasteiger partial charge on any atom is -0.477 e. The zero-order valence-corrected chi connectivity index (χ0v) is 11.3. The Balaban J connectivity index is 2.08. The molecule has 1 aromatic heterocycles. The lowest BCUT2D eigenvalue weighted by Crippen LogP contribution is -2.15. The first-order valence-corrected chi connectivity index (χ1v) is 6.67. The molecule has 0 atom stereocenters. The smallest absolute Gasteiger partial charge is 0.348 e. The van der Waals surface area contributed by atoms with Crippen molar-refractivity contribution in [1.82, 2.24) is 0 Å². The molecular weight excluding hydrogens is 286 g/mol. The maximum absolute atomic E-state index is 11.8. The molecule has 0 unspecified atom stereocenters. The lowest BCUT2D eigenvalue weighted by molar-refractivity contribution is -0.115. The molecule has 0 radical (unpaired) electrons. The van der Waals surface area contributed by atoms with Gasteiger partial charge in [-0.1, -0.05) is 29.8 Å². The Bertz CT molecular complexity index is 624. The fraction of sp³-hybridized carbons (Fsp3) is 0.0769. The van der Waals surface area contributed by atoms with Crippen molar-refractivity contribution >= 4 is 40.5 Å². The molecule has 0 spiro atoms. The highest BCUT2D eigenvalue weighted by Gasteiger charge is 2.14. The first-order chi connectivity index (χ1) is 9.08. The largest absolute Gasteiger partial charge is 0.477 e. The van der Waals surface area contributed by atoms with Gasteiger partial charge in [0, 0.05) is 5.02 Å². The molecule has 0 saturated carbocycles. The van der Waals surface area contributed by atoms with Crippen LogP contribution in [0.2, 0.25) is 5.02 Å². The van der Waals surface area contributed by atoms with E-state index in [4.69, 9.17) is 16.7 Å². The van der Waals surface area contributed by atoms with Crippen LogP contribution in [0.3, 0.4) is 0 Å². The van der Waals surface area contributed by atoms with Gasteiger partial charge in [0.1, 0.15) is 4.88 Å². The molecule has 1 heterocycles. The summed E-state index contributed by atoms with van der Waals surface area (Å²) in [6.07, 6.45) is 0.106. The number of thiophene rings is 1. The van der Waals surface area contributed by atoms with Crippen LogP contribution in [-0.4, -0.2) is 17.0 Å². The Kier molecular flexibility index (Phi) is 4.19. The molecule has 0 saturated heterocycles. The summed E-state index contributed by atoms with van der Waals surface area (Å²) in [5, 5.41) is 13.7. The summed E-state index contributed by atoms with van der Waals surface area (Å²) in [5.74, 6) is -1.35. The van der Waals surface area contributed by atoms with E-state index in [0.717, 1.165) is 11.3 Å². The lowest BCUT2D eigenvalue weighted by Gasteiger charge is -2.06. The second-order valence-corrected chi connectivity index (χ2v) is 5.11. The molecule has 6 heteroatoms. The molecule has 0 aliphatic rings. The molecule has 0 aliphatic heterocycles. The molecule has 4 nitrogen and oxygen atoms in total. The highest BCUT2D eigenvalue weighted by molar-refractivity contribution is 7.12. The van der Waals surface area contributed by atoms with Gasteiger partial charge in [-0.3, -0.25) is 4.79 Å². The van der Waals surface area contributed by atoms with Gasteiger partial charge in [0.2, 0.25) is 5.91 Å². The van der Waals surface area contributed by atoms with Crippen LogP contribution >= 0.6 is 22.9 Å². The summed E-state index contributed by atoms with van der Waals surface area (Å²) in [7, 11) is 0. The third kappa shape index (κ3) is 3.33. The van der Waals surface area contributed by atoms with Crippen molar-refractivity contribution in [1.29, 1.82) is 0 Å². The summed E-state index contributed by atoms with van der Waals surface area (Å²) in [4.78, 5) is 22.9. The zero-order valence-electron chi connectivity index (χ0n) is 9.72. The molecular formula is C13H10ClNO3S. The van der Waals surface area contributed by atoms with E-state index in [1.54, 1.807) is 35.7 Å². The normalized spacial score (nSPS) is 10.2. The summed E-state index contributed by atoms with van der Waals surface area (Å²) in [6.45, 7) is 0. The third-order valence-electron chi connectivity index (χ3n) is 2.44.